The Hall–Kier alpha value is -2.26. The molecule has 0 amide bonds. The Labute approximate surface area is 231 Å². The lowest BCUT2D eigenvalue weighted by Gasteiger charge is -2.31. The van der Waals surface area contributed by atoms with Crippen LogP contribution in [-0.4, -0.2) is 66.4 Å². The third-order valence-corrected chi connectivity index (χ3v) is 9.80. The summed E-state index contributed by atoms with van der Waals surface area (Å²) in [5.74, 6) is -3.00. The molecule has 0 aromatic carbocycles. The van der Waals surface area contributed by atoms with E-state index in [-0.39, 0.29) is 40.8 Å². The molecule has 11 unspecified atom stereocenters. The van der Waals surface area contributed by atoms with E-state index in [1.165, 1.54) is 13.8 Å². The molecule has 1 saturated heterocycles. The third kappa shape index (κ3) is 4.53. The van der Waals surface area contributed by atoms with Crippen molar-refractivity contribution < 1.29 is 42.9 Å². The van der Waals surface area contributed by atoms with Crippen LogP contribution in [0.15, 0.2) is 11.6 Å². The summed E-state index contributed by atoms with van der Waals surface area (Å²) in [6, 6.07) is 0. The van der Waals surface area contributed by atoms with E-state index in [4.69, 9.17) is 23.7 Å². The summed E-state index contributed by atoms with van der Waals surface area (Å²) in [7, 11) is 1.58. The zero-order chi connectivity index (χ0) is 29.2. The number of carbonyl (C=O) groups excluding carboxylic acids is 4. The predicted octanol–water partition coefficient (Wildman–Crippen LogP) is 3.81. The minimum absolute atomic E-state index is 0.159. The molecule has 4 aliphatic rings. The minimum Gasteiger partial charge on any atom is -0.461 e. The maximum absolute atomic E-state index is 14.3. The van der Waals surface area contributed by atoms with E-state index in [0.29, 0.717) is 18.4 Å². The van der Waals surface area contributed by atoms with Crippen molar-refractivity contribution in [3.05, 3.63) is 11.6 Å². The van der Waals surface area contributed by atoms with E-state index in [9.17, 15) is 19.2 Å². The van der Waals surface area contributed by atoms with E-state index in [1.807, 2.05) is 33.8 Å². The number of hydrogen-bond acceptors (Lipinski definition) is 9. The van der Waals surface area contributed by atoms with Gasteiger partial charge in [0.25, 0.3) is 0 Å². The van der Waals surface area contributed by atoms with E-state index < -0.39 is 53.5 Å². The third-order valence-electron chi connectivity index (χ3n) is 9.80. The summed E-state index contributed by atoms with van der Waals surface area (Å²) < 4.78 is 30.2. The summed E-state index contributed by atoms with van der Waals surface area (Å²) >= 11 is 0. The number of Topliss-reactive ketones (excluding diaryl/α,β-unsaturated/α-hetero) is 1. The molecule has 218 valence electrons. The van der Waals surface area contributed by atoms with Crippen LogP contribution in [0.25, 0.3) is 0 Å². The molecule has 9 heteroatoms. The first-order chi connectivity index (χ1) is 18.1. The summed E-state index contributed by atoms with van der Waals surface area (Å²) in [5.41, 5.74) is -2.15. The van der Waals surface area contributed by atoms with Crippen molar-refractivity contribution in [3.63, 3.8) is 0 Å². The molecule has 11 atom stereocenters. The second-order valence-electron chi connectivity index (χ2n) is 12.8. The van der Waals surface area contributed by atoms with Gasteiger partial charge < -0.3 is 23.7 Å². The van der Waals surface area contributed by atoms with Crippen LogP contribution in [0.3, 0.4) is 0 Å². The maximum Gasteiger partial charge on any atom is 0.309 e. The first-order valence-corrected chi connectivity index (χ1v) is 14.1. The molecule has 3 aliphatic carbocycles. The number of carbonyl (C=O) groups is 4. The van der Waals surface area contributed by atoms with Crippen molar-refractivity contribution in [2.24, 2.45) is 35.0 Å². The number of hydrogen-bond donors (Lipinski definition) is 0. The number of epoxide rings is 1. The fraction of sp³-hybridized carbons (Fsp3) is 0.800. The monoisotopic (exact) mass is 548 g/mol. The van der Waals surface area contributed by atoms with Gasteiger partial charge in [0.1, 0.15) is 24.4 Å². The molecule has 0 aromatic rings. The molecular weight excluding hydrogens is 504 g/mol. The van der Waals surface area contributed by atoms with Gasteiger partial charge in [0.15, 0.2) is 17.0 Å². The fourth-order valence-corrected chi connectivity index (χ4v) is 7.56. The van der Waals surface area contributed by atoms with Crippen molar-refractivity contribution >= 4 is 23.7 Å². The van der Waals surface area contributed by atoms with E-state index >= 15 is 0 Å². The molecule has 0 aromatic heterocycles. The Morgan fingerprint density at radius 1 is 1.05 bits per heavy atom. The number of fused-ring (bicyclic) bond motifs is 1. The van der Waals surface area contributed by atoms with Crippen LogP contribution in [-0.2, 0) is 42.9 Å². The van der Waals surface area contributed by atoms with Crippen molar-refractivity contribution in [2.75, 3.05) is 7.11 Å². The van der Waals surface area contributed by atoms with Gasteiger partial charge in [0, 0.05) is 32.8 Å². The summed E-state index contributed by atoms with van der Waals surface area (Å²) in [4.78, 5) is 51.8. The molecule has 2 saturated carbocycles. The van der Waals surface area contributed by atoms with E-state index in [2.05, 4.69) is 13.8 Å². The number of ketones is 1. The topological polar surface area (TPSA) is 118 Å². The van der Waals surface area contributed by atoms with Crippen LogP contribution in [0.2, 0.25) is 0 Å². The molecule has 0 N–H and O–H groups in total. The van der Waals surface area contributed by atoms with Gasteiger partial charge in [0.05, 0.1) is 11.8 Å². The van der Waals surface area contributed by atoms with Gasteiger partial charge in [-0.25, -0.2) is 0 Å². The SMILES string of the molecule is CCC(C)C(=O)OC1C(C)=CC23OC2(CC(C)C3OC(C)=O)C(=O)C(C)C(OC(C)=O)C2C(C1OC)C2(C)C. The summed E-state index contributed by atoms with van der Waals surface area (Å²) in [6.07, 6.45) is 0.0228. The lowest BCUT2D eigenvalue weighted by atomic mass is 9.80. The Morgan fingerprint density at radius 2 is 1.64 bits per heavy atom. The number of methoxy groups -OCH3 is 1. The molecule has 4 rings (SSSR count). The van der Waals surface area contributed by atoms with Gasteiger partial charge in [-0.3, -0.25) is 19.2 Å². The molecule has 0 radical (unpaired) electrons. The Morgan fingerprint density at radius 3 is 2.18 bits per heavy atom. The highest BCUT2D eigenvalue weighted by Crippen LogP contribution is 2.68. The first kappa shape index (κ1) is 29.7. The summed E-state index contributed by atoms with van der Waals surface area (Å²) in [5, 5.41) is 0. The molecule has 0 spiro atoms. The van der Waals surface area contributed by atoms with Crippen molar-refractivity contribution in [1.29, 1.82) is 0 Å². The quantitative estimate of drug-likeness (QED) is 0.211. The van der Waals surface area contributed by atoms with E-state index in [1.54, 1.807) is 14.0 Å². The Bertz CT molecular complexity index is 1080. The van der Waals surface area contributed by atoms with Crippen LogP contribution < -0.4 is 0 Å². The Balaban J connectivity index is 1.90. The maximum atomic E-state index is 14.3. The highest BCUT2D eigenvalue weighted by Gasteiger charge is 2.84. The predicted molar refractivity (Wildman–Crippen MR) is 140 cm³/mol. The smallest absolute Gasteiger partial charge is 0.309 e. The van der Waals surface area contributed by atoms with Crippen molar-refractivity contribution in [3.8, 4) is 0 Å². The number of rotatable bonds is 6. The minimum atomic E-state index is -1.24. The average Bonchev–Trinajstić information content (AvgIpc) is 3.64. The van der Waals surface area contributed by atoms with E-state index in [0.717, 1.165) is 0 Å². The average molecular weight is 549 g/mol. The lowest BCUT2D eigenvalue weighted by Crippen LogP contribution is -2.43. The Kier molecular flexibility index (Phi) is 7.60. The van der Waals surface area contributed by atoms with Crippen LogP contribution in [0.5, 0.6) is 0 Å². The molecule has 39 heavy (non-hydrogen) atoms. The molecular formula is C30H44O9. The molecule has 3 fully saturated rings. The normalized spacial score (nSPS) is 42.9. The second-order valence-corrected chi connectivity index (χ2v) is 12.8. The molecule has 0 bridgehead atoms. The highest BCUT2D eigenvalue weighted by atomic mass is 16.7. The molecule has 9 nitrogen and oxygen atoms in total. The van der Waals surface area contributed by atoms with Gasteiger partial charge in [-0.2, -0.15) is 0 Å². The van der Waals surface area contributed by atoms with Gasteiger partial charge in [-0.1, -0.05) is 41.5 Å². The molecule has 1 aliphatic heterocycles. The van der Waals surface area contributed by atoms with Crippen LogP contribution in [0, 0.1) is 35.0 Å². The van der Waals surface area contributed by atoms with Crippen molar-refractivity contribution in [2.45, 2.75) is 111 Å². The number of esters is 3. The standard InChI is InChI=1S/C30H44O9/c1-11-14(2)27(34)38-22-15(3)12-30-26(37-19(7)32)16(4)13-29(30,39-30)25(33)17(5)23(36-18(6)31)20-21(24(22)35-10)28(20,8)9/h12,14,16-17,20-24,26H,11,13H2,1-10H3. The van der Waals surface area contributed by atoms with Crippen molar-refractivity contribution in [1.82, 2.24) is 0 Å². The highest BCUT2D eigenvalue weighted by molar-refractivity contribution is 5.96. The zero-order valence-corrected chi connectivity index (χ0v) is 24.9. The molecule has 1 heterocycles. The lowest BCUT2D eigenvalue weighted by molar-refractivity contribution is -0.159. The van der Waals surface area contributed by atoms with Crippen LogP contribution in [0.1, 0.15) is 75.2 Å². The van der Waals surface area contributed by atoms with Gasteiger partial charge in [-0.15, -0.1) is 0 Å². The first-order valence-electron chi connectivity index (χ1n) is 14.1. The largest absolute Gasteiger partial charge is 0.461 e. The van der Waals surface area contributed by atoms with Gasteiger partial charge in [-0.05, 0) is 42.7 Å². The summed E-state index contributed by atoms with van der Waals surface area (Å²) in [6.45, 7) is 16.1. The van der Waals surface area contributed by atoms with Gasteiger partial charge >= 0.3 is 17.9 Å². The zero-order valence-electron chi connectivity index (χ0n) is 24.9. The second kappa shape index (κ2) is 9.98. The fourth-order valence-electron chi connectivity index (χ4n) is 7.56. The van der Waals surface area contributed by atoms with Crippen LogP contribution >= 0.6 is 0 Å². The van der Waals surface area contributed by atoms with Gasteiger partial charge in [0.2, 0.25) is 0 Å². The van der Waals surface area contributed by atoms with Crippen LogP contribution in [0.4, 0.5) is 0 Å². The number of ether oxygens (including phenoxy) is 5.